The molecule has 9 nitrogen and oxygen atoms in total. The van der Waals surface area contributed by atoms with E-state index in [1.54, 1.807) is 55.4 Å². The van der Waals surface area contributed by atoms with Gasteiger partial charge in [0.2, 0.25) is 5.88 Å². The van der Waals surface area contributed by atoms with Gasteiger partial charge in [0.15, 0.2) is 22.9 Å². The molecule has 5 aromatic rings. The second-order valence-electron chi connectivity index (χ2n) is 8.04. The van der Waals surface area contributed by atoms with Crippen LogP contribution in [0.1, 0.15) is 21.6 Å². The lowest BCUT2D eigenvalue weighted by molar-refractivity contribution is 0.102. The van der Waals surface area contributed by atoms with Crippen LogP contribution in [0.2, 0.25) is 0 Å². The quantitative estimate of drug-likeness (QED) is 0.360. The number of aromatic nitrogens is 4. The molecule has 1 amide bonds. The first-order valence-corrected chi connectivity index (χ1v) is 10.9. The summed E-state index contributed by atoms with van der Waals surface area (Å²) >= 11 is 0. The molecule has 0 atom stereocenters. The Balaban J connectivity index is 1.42. The first-order chi connectivity index (χ1) is 16.9. The van der Waals surface area contributed by atoms with Crippen molar-refractivity contribution in [1.82, 2.24) is 19.7 Å². The van der Waals surface area contributed by atoms with E-state index in [0.29, 0.717) is 56.8 Å². The molecular formula is C26H23N5O4. The predicted octanol–water partition coefficient (Wildman–Crippen LogP) is 5.29. The predicted molar refractivity (Wildman–Crippen MR) is 131 cm³/mol. The summed E-state index contributed by atoms with van der Waals surface area (Å²) in [6.07, 6.45) is 3.10. The number of nitrogens with zero attached hydrogens (tertiary/aromatic N) is 4. The molecule has 0 unspecified atom stereocenters. The van der Waals surface area contributed by atoms with Crippen molar-refractivity contribution in [2.24, 2.45) is 7.05 Å². The summed E-state index contributed by atoms with van der Waals surface area (Å²) in [4.78, 5) is 22.3. The highest BCUT2D eigenvalue weighted by molar-refractivity contribution is 6.13. The van der Waals surface area contributed by atoms with Crippen LogP contribution in [0, 0.1) is 13.8 Å². The minimum atomic E-state index is -0.308. The minimum absolute atomic E-state index is 0.308. The van der Waals surface area contributed by atoms with E-state index in [1.807, 2.05) is 32.0 Å². The molecule has 9 heteroatoms. The van der Waals surface area contributed by atoms with E-state index >= 15 is 0 Å². The van der Waals surface area contributed by atoms with Gasteiger partial charge in [-0.3, -0.25) is 9.48 Å². The largest absolute Gasteiger partial charge is 0.493 e. The number of anilines is 1. The number of aryl methyl sites for hydroxylation is 3. The molecule has 0 spiro atoms. The Labute approximate surface area is 201 Å². The topological polar surface area (TPSA) is 104 Å². The third-order valence-electron chi connectivity index (χ3n) is 5.51. The summed E-state index contributed by atoms with van der Waals surface area (Å²) in [6.45, 7) is 3.82. The molecule has 176 valence electrons. The third-order valence-corrected chi connectivity index (χ3v) is 5.51. The standard InChI is InChI=1S/C26H23N5O4/c1-15-7-9-21(22(12-15)33-4)35-23-10-8-17(14-27-23)28-26(32)18-13-19(20-6-5-11-34-20)29-25-24(18)16(2)30-31(25)3/h5-14H,1-4H3,(H,28,32). The Morgan fingerprint density at radius 1 is 1.09 bits per heavy atom. The molecule has 4 heterocycles. The molecule has 1 aromatic carbocycles. The Kier molecular flexibility index (Phi) is 5.66. The van der Waals surface area contributed by atoms with Gasteiger partial charge in [0, 0.05) is 13.1 Å². The van der Waals surface area contributed by atoms with Gasteiger partial charge in [0.25, 0.3) is 5.91 Å². The highest BCUT2D eigenvalue weighted by atomic mass is 16.5. The molecule has 4 aromatic heterocycles. The zero-order chi connectivity index (χ0) is 24.5. The average Bonchev–Trinajstić information content (AvgIpc) is 3.49. The molecule has 0 aliphatic heterocycles. The lowest BCUT2D eigenvalue weighted by Gasteiger charge is -2.11. The smallest absolute Gasteiger partial charge is 0.256 e. The fourth-order valence-corrected chi connectivity index (χ4v) is 3.86. The number of carbonyl (C=O) groups excluding carboxylic acids is 1. The lowest BCUT2D eigenvalue weighted by atomic mass is 10.1. The van der Waals surface area contributed by atoms with Crippen LogP contribution in [0.5, 0.6) is 17.4 Å². The maximum Gasteiger partial charge on any atom is 0.256 e. The number of amides is 1. The number of fused-ring (bicyclic) bond motifs is 1. The van der Waals surface area contributed by atoms with Crippen molar-refractivity contribution in [2.45, 2.75) is 13.8 Å². The van der Waals surface area contributed by atoms with Crippen molar-refractivity contribution in [2.75, 3.05) is 12.4 Å². The summed E-state index contributed by atoms with van der Waals surface area (Å²) in [7, 11) is 3.38. The molecule has 0 radical (unpaired) electrons. The monoisotopic (exact) mass is 469 g/mol. The van der Waals surface area contributed by atoms with E-state index < -0.39 is 0 Å². The van der Waals surface area contributed by atoms with Crippen molar-refractivity contribution in [1.29, 1.82) is 0 Å². The molecule has 0 bridgehead atoms. The molecule has 5 rings (SSSR count). The first-order valence-electron chi connectivity index (χ1n) is 10.9. The van der Waals surface area contributed by atoms with Gasteiger partial charge in [0.1, 0.15) is 5.69 Å². The number of methoxy groups -OCH3 is 1. The van der Waals surface area contributed by atoms with E-state index in [9.17, 15) is 4.79 Å². The number of ether oxygens (including phenoxy) is 2. The van der Waals surface area contributed by atoms with Crippen LogP contribution in [-0.2, 0) is 7.05 Å². The van der Waals surface area contributed by atoms with Crippen LogP contribution in [0.4, 0.5) is 5.69 Å². The van der Waals surface area contributed by atoms with Gasteiger partial charge in [-0.25, -0.2) is 9.97 Å². The van der Waals surface area contributed by atoms with E-state index in [2.05, 4.69) is 20.4 Å². The maximum atomic E-state index is 13.3. The van der Waals surface area contributed by atoms with Gasteiger partial charge in [-0.1, -0.05) is 6.07 Å². The summed E-state index contributed by atoms with van der Waals surface area (Å²) in [5, 5.41) is 8.02. The van der Waals surface area contributed by atoms with Gasteiger partial charge in [-0.15, -0.1) is 0 Å². The molecule has 0 saturated carbocycles. The van der Waals surface area contributed by atoms with E-state index in [-0.39, 0.29) is 5.91 Å². The highest BCUT2D eigenvalue weighted by Gasteiger charge is 2.20. The Hall–Kier alpha value is -4.66. The molecule has 0 aliphatic carbocycles. The number of benzene rings is 1. The number of nitrogens with one attached hydrogen (secondary N) is 1. The molecule has 0 saturated heterocycles. The van der Waals surface area contributed by atoms with Crippen molar-refractivity contribution in [3.63, 3.8) is 0 Å². The van der Waals surface area contributed by atoms with Gasteiger partial charge in [0.05, 0.1) is 41.9 Å². The van der Waals surface area contributed by atoms with Gasteiger partial charge < -0.3 is 19.2 Å². The summed E-state index contributed by atoms with van der Waals surface area (Å²) in [6, 6.07) is 14.3. The number of carbonyl (C=O) groups is 1. The lowest BCUT2D eigenvalue weighted by Crippen LogP contribution is -2.13. The van der Waals surface area contributed by atoms with Crippen molar-refractivity contribution in [3.8, 4) is 28.8 Å². The van der Waals surface area contributed by atoms with Crippen LogP contribution in [0.15, 0.2) is 65.4 Å². The van der Waals surface area contributed by atoms with Crippen LogP contribution >= 0.6 is 0 Å². The maximum absolute atomic E-state index is 13.3. The third kappa shape index (κ3) is 4.31. The average molecular weight is 470 g/mol. The van der Waals surface area contributed by atoms with Crippen LogP contribution in [0.25, 0.3) is 22.5 Å². The van der Waals surface area contributed by atoms with Gasteiger partial charge >= 0.3 is 0 Å². The Morgan fingerprint density at radius 3 is 2.66 bits per heavy atom. The number of furan rings is 1. The fourth-order valence-electron chi connectivity index (χ4n) is 3.86. The SMILES string of the molecule is COc1cc(C)ccc1Oc1ccc(NC(=O)c2cc(-c3ccco3)nc3c2c(C)nn3C)cn1. The number of pyridine rings is 2. The van der Waals surface area contributed by atoms with Crippen LogP contribution in [-0.4, -0.2) is 32.8 Å². The number of hydrogen-bond acceptors (Lipinski definition) is 7. The first kappa shape index (κ1) is 22.1. The number of rotatable bonds is 6. The minimum Gasteiger partial charge on any atom is -0.493 e. The zero-order valence-corrected chi connectivity index (χ0v) is 19.7. The van der Waals surface area contributed by atoms with Gasteiger partial charge in [-0.05, 0) is 55.8 Å². The van der Waals surface area contributed by atoms with Crippen LogP contribution in [0.3, 0.4) is 0 Å². The second-order valence-corrected chi connectivity index (χ2v) is 8.04. The summed E-state index contributed by atoms with van der Waals surface area (Å²) < 4.78 is 18.4. The highest BCUT2D eigenvalue weighted by Crippen LogP contribution is 2.32. The van der Waals surface area contributed by atoms with Gasteiger partial charge in [-0.2, -0.15) is 5.10 Å². The van der Waals surface area contributed by atoms with E-state index in [4.69, 9.17) is 13.9 Å². The number of hydrogen-bond donors (Lipinski definition) is 1. The summed E-state index contributed by atoms with van der Waals surface area (Å²) in [5.41, 5.74) is 3.87. The molecular weight excluding hydrogens is 446 g/mol. The van der Waals surface area contributed by atoms with E-state index in [0.717, 1.165) is 5.56 Å². The van der Waals surface area contributed by atoms with Crippen molar-refractivity contribution < 1.29 is 18.7 Å². The van der Waals surface area contributed by atoms with Crippen molar-refractivity contribution in [3.05, 3.63) is 77.8 Å². The molecule has 1 N–H and O–H groups in total. The zero-order valence-electron chi connectivity index (χ0n) is 19.7. The van der Waals surface area contributed by atoms with E-state index in [1.165, 1.54) is 6.20 Å². The fraction of sp³-hybridized carbons (Fsp3) is 0.154. The van der Waals surface area contributed by atoms with Crippen molar-refractivity contribution >= 4 is 22.6 Å². The normalized spacial score (nSPS) is 11.0. The Bertz CT molecular complexity index is 1520. The van der Waals surface area contributed by atoms with Crippen LogP contribution < -0.4 is 14.8 Å². The molecule has 35 heavy (non-hydrogen) atoms. The summed E-state index contributed by atoms with van der Waals surface area (Å²) in [5.74, 6) is 1.80. The Morgan fingerprint density at radius 2 is 1.94 bits per heavy atom. The second kappa shape index (κ2) is 8.94. The molecule has 0 aliphatic rings. The molecule has 0 fully saturated rings.